The number of nitrogens with one attached hydrogen (secondary N) is 1. The normalized spacial score (nSPS) is 11.6. The van der Waals surface area contributed by atoms with Crippen LogP contribution in [0.1, 0.15) is 19.9 Å². The SMILES string of the molecule is CC(C)n1cc(-c2ccnc(Nc3ccc(S(C)(=O)=O)cc3)n2)ccc1=O. The molecular weight excluding hydrogens is 364 g/mol. The first kappa shape index (κ1) is 18.8. The third-order valence-electron chi connectivity index (χ3n) is 3.98. The lowest BCUT2D eigenvalue weighted by Gasteiger charge is -2.12. The summed E-state index contributed by atoms with van der Waals surface area (Å²) in [5.74, 6) is 0.377. The Bertz CT molecular complexity index is 1120. The summed E-state index contributed by atoms with van der Waals surface area (Å²) in [7, 11) is -3.24. The van der Waals surface area contributed by atoms with E-state index in [0.29, 0.717) is 17.3 Å². The number of hydrogen-bond acceptors (Lipinski definition) is 6. The fourth-order valence-electron chi connectivity index (χ4n) is 2.55. The van der Waals surface area contributed by atoms with Crippen LogP contribution in [0.3, 0.4) is 0 Å². The third kappa shape index (κ3) is 4.40. The molecule has 0 amide bonds. The quantitative estimate of drug-likeness (QED) is 0.727. The molecule has 1 N–H and O–H groups in total. The first-order valence-electron chi connectivity index (χ1n) is 8.37. The Morgan fingerprint density at radius 2 is 1.74 bits per heavy atom. The Kier molecular flexibility index (Phi) is 5.09. The van der Waals surface area contributed by atoms with Gasteiger partial charge in [-0.25, -0.2) is 18.4 Å². The minimum atomic E-state index is -3.24. The molecule has 8 heteroatoms. The number of benzene rings is 1. The molecule has 0 radical (unpaired) electrons. The zero-order valence-corrected chi connectivity index (χ0v) is 16.1. The first-order valence-corrected chi connectivity index (χ1v) is 10.3. The van der Waals surface area contributed by atoms with Crippen LogP contribution in [0.15, 0.2) is 64.5 Å². The van der Waals surface area contributed by atoms with E-state index in [2.05, 4.69) is 15.3 Å². The number of sulfone groups is 1. The lowest BCUT2D eigenvalue weighted by molar-refractivity contribution is 0.579. The van der Waals surface area contributed by atoms with Crippen molar-refractivity contribution in [1.82, 2.24) is 14.5 Å². The van der Waals surface area contributed by atoms with Gasteiger partial charge in [0, 0.05) is 42.0 Å². The summed E-state index contributed by atoms with van der Waals surface area (Å²) in [5, 5.41) is 3.06. The zero-order chi connectivity index (χ0) is 19.6. The van der Waals surface area contributed by atoms with Crippen LogP contribution in [0.2, 0.25) is 0 Å². The molecule has 1 aromatic carbocycles. The Morgan fingerprint density at radius 3 is 2.37 bits per heavy atom. The first-order chi connectivity index (χ1) is 12.7. The van der Waals surface area contributed by atoms with Gasteiger partial charge in [0.05, 0.1) is 10.6 Å². The van der Waals surface area contributed by atoms with Crippen molar-refractivity contribution in [3.05, 3.63) is 65.2 Å². The van der Waals surface area contributed by atoms with Gasteiger partial charge in [-0.2, -0.15) is 0 Å². The van der Waals surface area contributed by atoms with Gasteiger partial charge in [-0.1, -0.05) is 0 Å². The largest absolute Gasteiger partial charge is 0.324 e. The summed E-state index contributed by atoms with van der Waals surface area (Å²) in [5.41, 5.74) is 2.09. The Hall–Kier alpha value is -3.00. The molecule has 3 rings (SSSR count). The molecule has 0 bridgehead atoms. The molecule has 0 aliphatic carbocycles. The van der Waals surface area contributed by atoms with Crippen molar-refractivity contribution in [3.63, 3.8) is 0 Å². The van der Waals surface area contributed by atoms with Gasteiger partial charge in [-0.05, 0) is 50.2 Å². The van der Waals surface area contributed by atoms with Crippen molar-refractivity contribution in [3.8, 4) is 11.3 Å². The summed E-state index contributed by atoms with van der Waals surface area (Å²) in [6.45, 7) is 3.89. The van der Waals surface area contributed by atoms with Crippen LogP contribution in [-0.2, 0) is 9.84 Å². The topological polar surface area (TPSA) is 93.9 Å². The van der Waals surface area contributed by atoms with E-state index >= 15 is 0 Å². The maximum atomic E-state index is 11.9. The molecule has 0 unspecified atom stereocenters. The molecule has 2 heterocycles. The molecule has 0 saturated carbocycles. The lowest BCUT2D eigenvalue weighted by atomic mass is 10.2. The van der Waals surface area contributed by atoms with Gasteiger partial charge in [0.1, 0.15) is 0 Å². The average Bonchev–Trinajstić information content (AvgIpc) is 2.62. The Morgan fingerprint density at radius 1 is 1.04 bits per heavy atom. The van der Waals surface area contributed by atoms with Gasteiger partial charge in [0.25, 0.3) is 5.56 Å². The Labute approximate surface area is 157 Å². The maximum absolute atomic E-state index is 11.9. The second-order valence-electron chi connectivity index (χ2n) is 6.44. The van der Waals surface area contributed by atoms with Gasteiger partial charge < -0.3 is 9.88 Å². The van der Waals surface area contributed by atoms with Crippen molar-refractivity contribution in [2.24, 2.45) is 0 Å². The molecular formula is C19H20N4O3S. The molecule has 140 valence electrons. The monoisotopic (exact) mass is 384 g/mol. The highest BCUT2D eigenvalue weighted by atomic mass is 32.2. The van der Waals surface area contributed by atoms with Crippen LogP contribution in [-0.4, -0.2) is 29.2 Å². The van der Waals surface area contributed by atoms with Gasteiger partial charge in [-0.15, -0.1) is 0 Å². The molecule has 0 fully saturated rings. The molecule has 0 aliphatic heterocycles. The highest BCUT2D eigenvalue weighted by Gasteiger charge is 2.09. The lowest BCUT2D eigenvalue weighted by Crippen LogP contribution is -2.20. The van der Waals surface area contributed by atoms with Crippen LogP contribution in [0.25, 0.3) is 11.3 Å². The standard InChI is InChI=1S/C19H20N4O3S/c1-13(2)23-12-14(4-9-18(23)24)17-10-11-20-19(22-17)21-15-5-7-16(8-6-15)27(3,25)26/h4-13H,1-3H3,(H,20,21,22). The van der Waals surface area contributed by atoms with Crippen molar-refractivity contribution in [1.29, 1.82) is 0 Å². The van der Waals surface area contributed by atoms with E-state index in [1.807, 2.05) is 13.8 Å². The van der Waals surface area contributed by atoms with Crippen LogP contribution >= 0.6 is 0 Å². The second kappa shape index (κ2) is 7.32. The summed E-state index contributed by atoms with van der Waals surface area (Å²) in [6, 6.07) is 11.4. The van der Waals surface area contributed by atoms with Crippen molar-refractivity contribution >= 4 is 21.5 Å². The molecule has 7 nitrogen and oxygen atoms in total. The number of pyridine rings is 1. The minimum absolute atomic E-state index is 0.0465. The fourth-order valence-corrected chi connectivity index (χ4v) is 3.18. The van der Waals surface area contributed by atoms with Crippen LogP contribution in [0, 0.1) is 0 Å². The third-order valence-corrected chi connectivity index (χ3v) is 5.11. The molecule has 0 atom stereocenters. The predicted octanol–water partition coefficient (Wildman–Crippen LogP) is 3.03. The highest BCUT2D eigenvalue weighted by Crippen LogP contribution is 2.20. The van der Waals surface area contributed by atoms with E-state index in [1.54, 1.807) is 41.2 Å². The summed E-state index contributed by atoms with van der Waals surface area (Å²) in [4.78, 5) is 20.9. The van der Waals surface area contributed by atoms with Crippen molar-refractivity contribution in [2.45, 2.75) is 24.8 Å². The van der Waals surface area contributed by atoms with E-state index in [0.717, 1.165) is 5.56 Å². The number of nitrogens with zero attached hydrogens (tertiary/aromatic N) is 3. The molecule has 3 aromatic rings. The number of anilines is 2. The van der Waals surface area contributed by atoms with Crippen molar-refractivity contribution < 1.29 is 8.42 Å². The second-order valence-corrected chi connectivity index (χ2v) is 8.46. The van der Waals surface area contributed by atoms with Gasteiger partial charge in [-0.3, -0.25) is 4.79 Å². The van der Waals surface area contributed by atoms with E-state index in [-0.39, 0.29) is 16.5 Å². The molecule has 0 aliphatic rings. The zero-order valence-electron chi connectivity index (χ0n) is 15.2. The predicted molar refractivity (Wildman–Crippen MR) is 105 cm³/mol. The minimum Gasteiger partial charge on any atom is -0.324 e. The smallest absolute Gasteiger partial charge is 0.250 e. The van der Waals surface area contributed by atoms with Gasteiger partial charge >= 0.3 is 0 Å². The summed E-state index contributed by atoms with van der Waals surface area (Å²) in [6.07, 6.45) is 4.57. The molecule has 0 saturated heterocycles. The molecule has 27 heavy (non-hydrogen) atoms. The number of hydrogen-bond donors (Lipinski definition) is 1. The van der Waals surface area contributed by atoms with Crippen molar-refractivity contribution in [2.75, 3.05) is 11.6 Å². The number of rotatable bonds is 5. The van der Waals surface area contributed by atoms with Gasteiger partial charge in [0.2, 0.25) is 5.95 Å². The van der Waals surface area contributed by atoms with Gasteiger partial charge in [0.15, 0.2) is 9.84 Å². The maximum Gasteiger partial charge on any atom is 0.250 e. The van der Waals surface area contributed by atoms with Crippen LogP contribution in [0.4, 0.5) is 11.6 Å². The van der Waals surface area contributed by atoms with E-state index in [9.17, 15) is 13.2 Å². The summed E-state index contributed by atoms with van der Waals surface area (Å²) >= 11 is 0. The van der Waals surface area contributed by atoms with E-state index < -0.39 is 9.84 Å². The van der Waals surface area contributed by atoms with Crippen LogP contribution < -0.4 is 10.9 Å². The fraction of sp³-hybridized carbons (Fsp3) is 0.211. The molecule has 0 spiro atoms. The molecule has 2 aromatic heterocycles. The average molecular weight is 384 g/mol. The Balaban J connectivity index is 1.88. The highest BCUT2D eigenvalue weighted by molar-refractivity contribution is 7.90. The number of aromatic nitrogens is 3. The summed E-state index contributed by atoms with van der Waals surface area (Å²) < 4.78 is 24.7. The van der Waals surface area contributed by atoms with E-state index in [1.165, 1.54) is 24.5 Å². The van der Waals surface area contributed by atoms with Crippen LogP contribution in [0.5, 0.6) is 0 Å². The van der Waals surface area contributed by atoms with E-state index in [4.69, 9.17) is 0 Å².